The maximum atomic E-state index is 12.7. The minimum Gasteiger partial charge on any atom is -0.479 e. The predicted octanol–water partition coefficient (Wildman–Crippen LogP) is 2.47. The quantitative estimate of drug-likeness (QED) is 0.858. The van der Waals surface area contributed by atoms with Crippen molar-refractivity contribution in [3.05, 3.63) is 23.8 Å². The first-order chi connectivity index (χ1) is 9.34. The van der Waals surface area contributed by atoms with Crippen molar-refractivity contribution >= 4 is 11.6 Å². The summed E-state index contributed by atoms with van der Waals surface area (Å²) in [7, 11) is 1.46. The number of anilines is 1. The van der Waals surface area contributed by atoms with E-state index in [4.69, 9.17) is 9.47 Å². The van der Waals surface area contributed by atoms with Gasteiger partial charge in [-0.25, -0.2) is 0 Å². The Labute approximate surface area is 114 Å². The van der Waals surface area contributed by atoms with E-state index < -0.39 is 17.8 Å². The number of hydrogen-bond acceptors (Lipinski definition) is 3. The molecule has 0 aromatic heterocycles. The van der Waals surface area contributed by atoms with Crippen LogP contribution in [0.3, 0.4) is 0 Å². The van der Waals surface area contributed by atoms with Gasteiger partial charge in [0.25, 0.3) is 5.91 Å². The van der Waals surface area contributed by atoms with Crippen LogP contribution in [0, 0.1) is 0 Å². The van der Waals surface area contributed by atoms with Crippen LogP contribution in [-0.4, -0.2) is 32.3 Å². The molecular weight excluding hydrogens is 275 g/mol. The molecule has 4 nitrogen and oxygen atoms in total. The van der Waals surface area contributed by atoms with Crippen molar-refractivity contribution in [3.8, 4) is 5.75 Å². The van der Waals surface area contributed by atoms with Crippen LogP contribution in [0.2, 0.25) is 0 Å². The molecule has 1 aliphatic heterocycles. The summed E-state index contributed by atoms with van der Waals surface area (Å²) in [6.45, 7) is 1.97. The van der Waals surface area contributed by atoms with Gasteiger partial charge < -0.3 is 14.4 Å². The number of ether oxygens (including phenoxy) is 2. The maximum absolute atomic E-state index is 12.7. The second-order valence-corrected chi connectivity index (χ2v) is 4.42. The summed E-state index contributed by atoms with van der Waals surface area (Å²) in [5.74, 6) is -0.116. The van der Waals surface area contributed by atoms with E-state index >= 15 is 0 Å². The summed E-state index contributed by atoms with van der Waals surface area (Å²) in [5, 5.41) is 0. The Balaban J connectivity index is 2.43. The Hall–Kier alpha value is -1.76. The monoisotopic (exact) mass is 289 g/mol. The number of benzene rings is 1. The first-order valence-corrected chi connectivity index (χ1v) is 6.03. The van der Waals surface area contributed by atoms with Crippen molar-refractivity contribution in [1.82, 2.24) is 0 Å². The molecule has 1 aromatic rings. The number of halogens is 3. The number of methoxy groups -OCH3 is 1. The van der Waals surface area contributed by atoms with E-state index in [1.807, 2.05) is 0 Å². The zero-order valence-corrected chi connectivity index (χ0v) is 11.0. The zero-order chi connectivity index (χ0) is 14.9. The lowest BCUT2D eigenvalue weighted by molar-refractivity contribution is -0.137. The molecule has 7 heteroatoms. The van der Waals surface area contributed by atoms with Gasteiger partial charge in [0, 0.05) is 13.7 Å². The second-order valence-electron chi connectivity index (χ2n) is 4.42. The SMILES string of the molecule is COCCN1C(=O)C(C)Oc2ccc(C(F)(F)F)cc21. The van der Waals surface area contributed by atoms with Crippen LogP contribution in [0.5, 0.6) is 5.75 Å². The normalized spacial score (nSPS) is 18.8. The highest BCUT2D eigenvalue weighted by molar-refractivity contribution is 5.99. The average molecular weight is 289 g/mol. The van der Waals surface area contributed by atoms with Gasteiger partial charge in [0.15, 0.2) is 6.10 Å². The number of carbonyl (C=O) groups excluding carboxylic acids is 1. The van der Waals surface area contributed by atoms with Gasteiger partial charge in [0.2, 0.25) is 0 Å². The molecule has 1 heterocycles. The van der Waals surface area contributed by atoms with Crippen LogP contribution < -0.4 is 9.64 Å². The standard InChI is InChI=1S/C13H14F3NO3/c1-8-12(18)17(5-6-19-2)10-7-9(13(14,15)16)3-4-11(10)20-8/h3-4,7-8H,5-6H2,1-2H3. The smallest absolute Gasteiger partial charge is 0.416 e. The molecule has 2 rings (SSSR count). The Kier molecular flexibility index (Phi) is 3.89. The molecule has 0 saturated carbocycles. The third kappa shape index (κ3) is 2.72. The van der Waals surface area contributed by atoms with Gasteiger partial charge in [-0.3, -0.25) is 4.79 Å². The molecule has 0 bridgehead atoms. The van der Waals surface area contributed by atoms with Crippen LogP contribution in [-0.2, 0) is 15.7 Å². The lowest BCUT2D eigenvalue weighted by Crippen LogP contribution is -2.45. The number of alkyl halides is 3. The fraction of sp³-hybridized carbons (Fsp3) is 0.462. The van der Waals surface area contributed by atoms with Crippen molar-refractivity contribution in [1.29, 1.82) is 0 Å². The Morgan fingerprint density at radius 1 is 1.40 bits per heavy atom. The molecule has 1 aromatic carbocycles. The van der Waals surface area contributed by atoms with E-state index in [1.54, 1.807) is 6.92 Å². The van der Waals surface area contributed by atoms with E-state index in [9.17, 15) is 18.0 Å². The van der Waals surface area contributed by atoms with E-state index in [2.05, 4.69) is 0 Å². The van der Waals surface area contributed by atoms with E-state index in [1.165, 1.54) is 18.1 Å². The van der Waals surface area contributed by atoms with Crippen LogP contribution in [0.4, 0.5) is 18.9 Å². The highest BCUT2D eigenvalue weighted by Crippen LogP contribution is 2.39. The predicted molar refractivity (Wildman–Crippen MR) is 65.8 cm³/mol. The number of rotatable bonds is 3. The Morgan fingerprint density at radius 2 is 2.10 bits per heavy atom. The zero-order valence-electron chi connectivity index (χ0n) is 11.0. The Bertz CT molecular complexity index is 516. The fourth-order valence-electron chi connectivity index (χ4n) is 2.00. The lowest BCUT2D eigenvalue weighted by Gasteiger charge is -2.33. The van der Waals surface area contributed by atoms with Crippen molar-refractivity contribution in [2.45, 2.75) is 19.2 Å². The van der Waals surface area contributed by atoms with E-state index in [0.29, 0.717) is 0 Å². The average Bonchev–Trinajstić information content (AvgIpc) is 2.38. The number of nitrogens with zero attached hydrogens (tertiary/aromatic N) is 1. The van der Waals surface area contributed by atoms with Gasteiger partial charge in [0.05, 0.1) is 17.9 Å². The van der Waals surface area contributed by atoms with Crippen molar-refractivity contribution in [3.63, 3.8) is 0 Å². The summed E-state index contributed by atoms with van der Waals surface area (Å²) in [6, 6.07) is 3.10. The van der Waals surface area contributed by atoms with Crippen molar-refractivity contribution in [2.24, 2.45) is 0 Å². The third-order valence-electron chi connectivity index (χ3n) is 3.01. The van der Waals surface area contributed by atoms with Gasteiger partial charge in [-0.1, -0.05) is 0 Å². The molecule has 0 aliphatic carbocycles. The largest absolute Gasteiger partial charge is 0.479 e. The van der Waals surface area contributed by atoms with Gasteiger partial charge in [-0.15, -0.1) is 0 Å². The van der Waals surface area contributed by atoms with Crippen LogP contribution >= 0.6 is 0 Å². The summed E-state index contributed by atoms with van der Waals surface area (Å²) in [4.78, 5) is 13.3. The third-order valence-corrected chi connectivity index (χ3v) is 3.01. The van der Waals surface area contributed by atoms with Gasteiger partial charge >= 0.3 is 6.18 Å². The highest BCUT2D eigenvalue weighted by atomic mass is 19.4. The molecule has 1 aliphatic rings. The Morgan fingerprint density at radius 3 is 2.70 bits per heavy atom. The molecule has 0 radical (unpaired) electrons. The molecule has 1 atom stereocenters. The minimum atomic E-state index is -4.46. The highest BCUT2D eigenvalue weighted by Gasteiger charge is 2.36. The molecule has 0 fully saturated rings. The molecule has 0 saturated heterocycles. The van der Waals surface area contributed by atoms with Crippen molar-refractivity contribution < 1.29 is 27.4 Å². The molecule has 1 unspecified atom stereocenters. The van der Waals surface area contributed by atoms with Crippen LogP contribution in [0.15, 0.2) is 18.2 Å². The van der Waals surface area contributed by atoms with Crippen molar-refractivity contribution in [2.75, 3.05) is 25.2 Å². The van der Waals surface area contributed by atoms with E-state index in [-0.39, 0.29) is 30.5 Å². The van der Waals surface area contributed by atoms with Gasteiger partial charge in [-0.2, -0.15) is 13.2 Å². The number of hydrogen-bond donors (Lipinski definition) is 0. The summed E-state index contributed by atoms with van der Waals surface area (Å²) >= 11 is 0. The van der Waals surface area contributed by atoms with Gasteiger partial charge in [-0.05, 0) is 25.1 Å². The first kappa shape index (κ1) is 14.6. The molecule has 1 amide bonds. The topological polar surface area (TPSA) is 38.8 Å². The number of fused-ring (bicyclic) bond motifs is 1. The number of carbonyl (C=O) groups is 1. The summed E-state index contributed by atoms with van der Waals surface area (Å²) in [6.07, 6.45) is -5.19. The van der Waals surface area contributed by atoms with Crippen LogP contribution in [0.25, 0.3) is 0 Å². The molecular formula is C13H14F3NO3. The summed E-state index contributed by atoms with van der Waals surface area (Å²) in [5.41, 5.74) is -0.690. The molecule has 110 valence electrons. The van der Waals surface area contributed by atoms with Crippen LogP contribution in [0.1, 0.15) is 12.5 Å². The van der Waals surface area contributed by atoms with E-state index in [0.717, 1.165) is 12.1 Å². The molecule has 0 N–H and O–H groups in total. The number of amides is 1. The molecule has 0 spiro atoms. The van der Waals surface area contributed by atoms with Gasteiger partial charge in [0.1, 0.15) is 5.75 Å². The maximum Gasteiger partial charge on any atom is 0.416 e. The fourth-order valence-corrected chi connectivity index (χ4v) is 2.00. The first-order valence-electron chi connectivity index (χ1n) is 6.03. The lowest BCUT2D eigenvalue weighted by atomic mass is 10.1. The second kappa shape index (κ2) is 5.32. The minimum absolute atomic E-state index is 0.125. The molecule has 20 heavy (non-hydrogen) atoms. The summed E-state index contributed by atoms with van der Waals surface area (Å²) < 4.78 is 48.4.